The number of carbonyl (C=O) groups excluding carboxylic acids is 1. The number of nitriles is 2. The third-order valence-corrected chi connectivity index (χ3v) is 5.35. The van der Waals surface area contributed by atoms with Gasteiger partial charge in [-0.15, -0.1) is 11.8 Å². The molecule has 3 rings (SSSR count). The van der Waals surface area contributed by atoms with E-state index in [1.54, 1.807) is 22.7 Å². The van der Waals surface area contributed by atoms with Gasteiger partial charge in [0.05, 0.1) is 29.1 Å². The Kier molecular flexibility index (Phi) is 4.33. The Hall–Kier alpha value is -2.02. The van der Waals surface area contributed by atoms with Gasteiger partial charge in [-0.1, -0.05) is 12.1 Å². The SMILES string of the molecule is N#Cc1cccc(C2N[C@H](C(=O)N3CCC[C@H]3C#N)CS2)c1. The standard InChI is InChI=1S/C16H16N4OS/c17-8-11-3-1-4-12(7-11)15-19-14(10-22-15)16(21)20-6-2-5-13(20)9-18/h1,3-4,7,13-15,19H,2,5-6,10H2/t13-,14-,15?/m0/s1. The van der Waals surface area contributed by atoms with Crippen LogP contribution in [0.4, 0.5) is 0 Å². The van der Waals surface area contributed by atoms with Crippen LogP contribution in [0.1, 0.15) is 29.3 Å². The Balaban J connectivity index is 1.68. The van der Waals surface area contributed by atoms with Gasteiger partial charge in [-0.25, -0.2) is 0 Å². The molecule has 2 aliphatic heterocycles. The molecule has 2 heterocycles. The molecule has 2 aliphatic rings. The van der Waals surface area contributed by atoms with Gasteiger partial charge in [0, 0.05) is 12.3 Å². The molecule has 5 nitrogen and oxygen atoms in total. The lowest BCUT2D eigenvalue weighted by Crippen LogP contribution is -2.46. The molecule has 3 atom stereocenters. The van der Waals surface area contributed by atoms with E-state index in [1.807, 2.05) is 18.2 Å². The largest absolute Gasteiger partial charge is 0.325 e. The van der Waals surface area contributed by atoms with Crippen molar-refractivity contribution in [3.8, 4) is 12.1 Å². The maximum atomic E-state index is 12.6. The maximum absolute atomic E-state index is 12.6. The molecule has 112 valence electrons. The summed E-state index contributed by atoms with van der Waals surface area (Å²) in [5.74, 6) is 0.713. The molecule has 1 aromatic carbocycles. The van der Waals surface area contributed by atoms with Gasteiger partial charge in [0.25, 0.3) is 0 Å². The first kappa shape index (κ1) is 14.9. The van der Waals surface area contributed by atoms with E-state index in [9.17, 15) is 4.79 Å². The summed E-state index contributed by atoms with van der Waals surface area (Å²) in [6, 6.07) is 11.3. The number of hydrogen-bond acceptors (Lipinski definition) is 5. The highest BCUT2D eigenvalue weighted by Gasteiger charge is 2.37. The van der Waals surface area contributed by atoms with Gasteiger partial charge < -0.3 is 4.90 Å². The minimum atomic E-state index is -0.278. The van der Waals surface area contributed by atoms with Gasteiger partial charge in [-0.3, -0.25) is 10.1 Å². The first-order valence-corrected chi connectivity index (χ1v) is 8.35. The van der Waals surface area contributed by atoms with Crippen LogP contribution in [0.25, 0.3) is 0 Å². The van der Waals surface area contributed by atoms with Crippen LogP contribution in [-0.4, -0.2) is 35.2 Å². The van der Waals surface area contributed by atoms with Crippen LogP contribution in [0, 0.1) is 22.7 Å². The molecule has 1 N–H and O–H groups in total. The fourth-order valence-corrected chi connectivity index (χ4v) is 4.17. The third kappa shape index (κ3) is 2.81. The quantitative estimate of drug-likeness (QED) is 0.900. The van der Waals surface area contributed by atoms with Gasteiger partial charge >= 0.3 is 0 Å². The van der Waals surface area contributed by atoms with E-state index in [2.05, 4.69) is 17.5 Å². The summed E-state index contributed by atoms with van der Waals surface area (Å²) in [7, 11) is 0. The number of amides is 1. The molecule has 0 aromatic heterocycles. The van der Waals surface area contributed by atoms with E-state index in [0.717, 1.165) is 18.4 Å². The second-order valence-electron chi connectivity index (χ2n) is 5.49. The molecule has 2 saturated heterocycles. The van der Waals surface area contributed by atoms with Gasteiger partial charge in [-0.05, 0) is 30.5 Å². The number of likely N-dealkylation sites (tertiary alicyclic amines) is 1. The predicted octanol–water partition coefficient (Wildman–Crippen LogP) is 1.78. The molecule has 1 aromatic rings. The number of benzene rings is 1. The smallest absolute Gasteiger partial charge is 0.241 e. The summed E-state index contributed by atoms with van der Waals surface area (Å²) in [6.07, 6.45) is 1.67. The van der Waals surface area contributed by atoms with Crippen molar-refractivity contribution in [3.63, 3.8) is 0 Å². The summed E-state index contributed by atoms with van der Waals surface area (Å²) >= 11 is 1.67. The molecule has 0 spiro atoms. The normalized spacial score (nSPS) is 27.4. The number of hydrogen-bond donors (Lipinski definition) is 1. The zero-order valence-corrected chi connectivity index (χ0v) is 12.8. The van der Waals surface area contributed by atoms with Crippen molar-refractivity contribution >= 4 is 17.7 Å². The van der Waals surface area contributed by atoms with Crippen LogP contribution in [0.15, 0.2) is 24.3 Å². The average Bonchev–Trinajstić information content (AvgIpc) is 3.23. The number of nitrogens with one attached hydrogen (secondary N) is 1. The minimum absolute atomic E-state index is 0.0189. The maximum Gasteiger partial charge on any atom is 0.241 e. The first-order valence-electron chi connectivity index (χ1n) is 7.30. The van der Waals surface area contributed by atoms with E-state index in [1.165, 1.54) is 0 Å². The first-order chi connectivity index (χ1) is 10.7. The van der Waals surface area contributed by atoms with Crippen molar-refractivity contribution < 1.29 is 4.79 Å². The zero-order chi connectivity index (χ0) is 15.5. The zero-order valence-electron chi connectivity index (χ0n) is 12.0. The van der Waals surface area contributed by atoms with E-state index in [4.69, 9.17) is 10.5 Å². The van der Waals surface area contributed by atoms with Gasteiger partial charge in [-0.2, -0.15) is 10.5 Å². The monoisotopic (exact) mass is 312 g/mol. The molecule has 22 heavy (non-hydrogen) atoms. The lowest BCUT2D eigenvalue weighted by molar-refractivity contribution is -0.132. The van der Waals surface area contributed by atoms with Crippen LogP contribution >= 0.6 is 11.8 Å². The summed E-state index contributed by atoms with van der Waals surface area (Å²) in [4.78, 5) is 14.3. The topological polar surface area (TPSA) is 79.9 Å². The van der Waals surface area contributed by atoms with E-state index in [0.29, 0.717) is 17.9 Å². The van der Waals surface area contributed by atoms with Gasteiger partial charge in [0.15, 0.2) is 0 Å². The van der Waals surface area contributed by atoms with Crippen LogP contribution < -0.4 is 5.32 Å². The molecule has 6 heteroatoms. The predicted molar refractivity (Wildman–Crippen MR) is 83.6 cm³/mol. The molecule has 0 saturated carbocycles. The van der Waals surface area contributed by atoms with Crippen LogP contribution in [-0.2, 0) is 4.79 Å². The van der Waals surface area contributed by atoms with E-state index >= 15 is 0 Å². The lowest BCUT2D eigenvalue weighted by Gasteiger charge is -2.23. The Morgan fingerprint density at radius 1 is 1.41 bits per heavy atom. The second kappa shape index (κ2) is 6.39. The van der Waals surface area contributed by atoms with Crippen LogP contribution in [0.2, 0.25) is 0 Å². The highest BCUT2D eigenvalue weighted by Crippen LogP contribution is 2.34. The molecule has 1 amide bonds. The number of nitrogens with zero attached hydrogens (tertiary/aromatic N) is 3. The molecule has 0 bridgehead atoms. The highest BCUT2D eigenvalue weighted by atomic mass is 32.2. The van der Waals surface area contributed by atoms with Gasteiger partial charge in [0.2, 0.25) is 5.91 Å². The van der Waals surface area contributed by atoms with Crippen LogP contribution in [0.5, 0.6) is 0 Å². The van der Waals surface area contributed by atoms with E-state index < -0.39 is 0 Å². The second-order valence-corrected chi connectivity index (χ2v) is 6.63. The summed E-state index contributed by atoms with van der Waals surface area (Å²) in [5, 5.41) is 21.4. The summed E-state index contributed by atoms with van der Waals surface area (Å²) in [6.45, 7) is 0.675. The van der Waals surface area contributed by atoms with Crippen LogP contribution in [0.3, 0.4) is 0 Å². The lowest BCUT2D eigenvalue weighted by atomic mass is 10.1. The fourth-order valence-electron chi connectivity index (χ4n) is 2.94. The molecular weight excluding hydrogens is 296 g/mol. The Morgan fingerprint density at radius 2 is 2.27 bits per heavy atom. The molecule has 0 aliphatic carbocycles. The third-order valence-electron chi connectivity index (χ3n) is 4.08. The summed E-state index contributed by atoms with van der Waals surface area (Å²) in [5.41, 5.74) is 1.64. The molecule has 1 unspecified atom stereocenters. The fraction of sp³-hybridized carbons (Fsp3) is 0.438. The molecule has 2 fully saturated rings. The van der Waals surface area contributed by atoms with Crippen molar-refractivity contribution in [2.45, 2.75) is 30.3 Å². The number of rotatable bonds is 2. The van der Waals surface area contributed by atoms with E-state index in [-0.39, 0.29) is 23.4 Å². The summed E-state index contributed by atoms with van der Waals surface area (Å²) < 4.78 is 0. The number of carbonyl (C=O) groups is 1. The minimum Gasteiger partial charge on any atom is -0.325 e. The Labute approximate surface area is 133 Å². The molecule has 0 radical (unpaired) electrons. The van der Waals surface area contributed by atoms with Crippen molar-refractivity contribution in [2.24, 2.45) is 0 Å². The average molecular weight is 312 g/mol. The van der Waals surface area contributed by atoms with Crippen molar-refractivity contribution in [2.75, 3.05) is 12.3 Å². The van der Waals surface area contributed by atoms with Gasteiger partial charge in [0.1, 0.15) is 6.04 Å². The highest BCUT2D eigenvalue weighted by molar-refractivity contribution is 7.99. The van der Waals surface area contributed by atoms with Crippen molar-refractivity contribution in [1.82, 2.24) is 10.2 Å². The van der Waals surface area contributed by atoms with Crippen molar-refractivity contribution in [3.05, 3.63) is 35.4 Å². The number of thioether (sulfide) groups is 1. The molecular formula is C16H16N4OS. The Bertz CT molecular complexity index is 663. The Morgan fingerprint density at radius 3 is 3.05 bits per heavy atom. The van der Waals surface area contributed by atoms with Crippen molar-refractivity contribution in [1.29, 1.82) is 10.5 Å².